The maximum Gasteiger partial charge on any atom is 0.271 e. The normalized spacial score (nSPS) is 15.1. The topological polar surface area (TPSA) is 82.9 Å². The van der Waals surface area contributed by atoms with Crippen LogP contribution in [0.5, 0.6) is 5.75 Å². The number of β-amino-alcohol motifs (C(OH)–C–C–N with tert-alkyl or cyclic N) is 1. The first-order chi connectivity index (χ1) is 17.3. The fourth-order valence-corrected chi connectivity index (χ4v) is 4.89. The number of carbonyl (C=O) groups excluding carboxylic acids is 1. The summed E-state index contributed by atoms with van der Waals surface area (Å²) in [5.74, 6) is 1.17. The number of aliphatic hydroxyl groups is 1. The summed E-state index contributed by atoms with van der Waals surface area (Å²) < 4.78 is 7.26. The van der Waals surface area contributed by atoms with E-state index in [0.717, 1.165) is 43.3 Å². The summed E-state index contributed by atoms with van der Waals surface area (Å²) in [7, 11) is 1.63. The van der Waals surface area contributed by atoms with Crippen molar-refractivity contribution in [1.82, 2.24) is 19.8 Å². The molecule has 36 heavy (non-hydrogen) atoms. The molecule has 1 unspecified atom stereocenters. The van der Waals surface area contributed by atoms with Crippen molar-refractivity contribution in [3.8, 4) is 11.4 Å². The fraction of sp³-hybridized carbons (Fsp3) is 0.429. The van der Waals surface area contributed by atoms with E-state index in [4.69, 9.17) is 4.74 Å². The lowest BCUT2D eigenvalue weighted by Crippen LogP contribution is -2.50. The molecule has 1 atom stereocenters. The number of nitrogens with zero attached hydrogens (tertiary/aromatic N) is 4. The van der Waals surface area contributed by atoms with Crippen molar-refractivity contribution in [2.24, 2.45) is 0 Å². The van der Waals surface area contributed by atoms with Crippen LogP contribution in [0.4, 0.5) is 5.69 Å². The van der Waals surface area contributed by atoms with Crippen LogP contribution >= 0.6 is 0 Å². The molecule has 0 spiro atoms. The number of nitrogens with one attached hydrogen (secondary N) is 1. The van der Waals surface area contributed by atoms with E-state index in [1.165, 1.54) is 16.8 Å². The molecule has 1 fully saturated rings. The summed E-state index contributed by atoms with van der Waals surface area (Å²) in [6, 6.07) is 14.1. The van der Waals surface area contributed by atoms with Crippen molar-refractivity contribution < 1.29 is 14.6 Å². The van der Waals surface area contributed by atoms with Gasteiger partial charge in [0.05, 0.1) is 24.6 Å². The van der Waals surface area contributed by atoms with Gasteiger partial charge < -0.3 is 24.6 Å². The van der Waals surface area contributed by atoms with E-state index in [1.54, 1.807) is 7.11 Å². The molecule has 1 aromatic heterocycles. The van der Waals surface area contributed by atoms with Gasteiger partial charge in [-0.3, -0.25) is 9.69 Å². The second kappa shape index (κ2) is 11.1. The van der Waals surface area contributed by atoms with Gasteiger partial charge in [-0.15, -0.1) is 0 Å². The van der Waals surface area contributed by atoms with Crippen molar-refractivity contribution in [3.05, 3.63) is 70.8 Å². The Morgan fingerprint density at radius 3 is 2.53 bits per heavy atom. The lowest BCUT2D eigenvalue weighted by molar-refractivity contribution is 0.0847. The number of rotatable bonds is 8. The lowest BCUT2D eigenvalue weighted by Gasteiger charge is -2.37. The van der Waals surface area contributed by atoms with Crippen LogP contribution < -0.4 is 15.0 Å². The highest BCUT2D eigenvalue weighted by Gasteiger charge is 2.23. The number of aromatic nitrogens is 2. The van der Waals surface area contributed by atoms with Crippen LogP contribution in [-0.2, 0) is 0 Å². The Morgan fingerprint density at radius 2 is 1.81 bits per heavy atom. The molecule has 1 saturated heterocycles. The Bertz CT molecular complexity index is 1210. The molecule has 8 heteroatoms. The summed E-state index contributed by atoms with van der Waals surface area (Å²) >= 11 is 0. The third-order valence-corrected chi connectivity index (χ3v) is 7.06. The predicted molar refractivity (Wildman–Crippen MR) is 142 cm³/mol. The summed E-state index contributed by atoms with van der Waals surface area (Å²) in [6.07, 6.45) is -0.650. The van der Waals surface area contributed by atoms with Gasteiger partial charge >= 0.3 is 0 Å². The maximum atomic E-state index is 12.9. The molecule has 2 aromatic carbocycles. The molecule has 0 saturated carbocycles. The van der Waals surface area contributed by atoms with E-state index in [9.17, 15) is 9.90 Å². The first kappa shape index (κ1) is 25.7. The number of benzene rings is 2. The zero-order valence-electron chi connectivity index (χ0n) is 21.9. The molecule has 0 bridgehead atoms. The molecule has 0 radical (unpaired) electrons. The highest BCUT2D eigenvalue weighted by Crippen LogP contribution is 2.24. The smallest absolute Gasteiger partial charge is 0.271 e. The zero-order chi connectivity index (χ0) is 25.8. The number of hydrogen-bond donors (Lipinski definition) is 2. The second-order valence-corrected chi connectivity index (χ2v) is 9.50. The van der Waals surface area contributed by atoms with Gasteiger partial charge in [0.1, 0.15) is 17.3 Å². The number of amides is 1. The van der Waals surface area contributed by atoms with Crippen molar-refractivity contribution in [2.75, 3.05) is 51.3 Å². The van der Waals surface area contributed by atoms with Crippen molar-refractivity contribution in [1.29, 1.82) is 0 Å². The van der Waals surface area contributed by atoms with E-state index >= 15 is 0 Å². The van der Waals surface area contributed by atoms with Crippen molar-refractivity contribution >= 4 is 11.6 Å². The van der Waals surface area contributed by atoms with Crippen LogP contribution in [0.2, 0.25) is 0 Å². The quantitative estimate of drug-likeness (QED) is 0.504. The van der Waals surface area contributed by atoms with Crippen LogP contribution in [0.15, 0.2) is 42.5 Å². The minimum Gasteiger partial charge on any atom is -0.497 e. The van der Waals surface area contributed by atoms with E-state index in [-0.39, 0.29) is 12.5 Å². The highest BCUT2D eigenvalue weighted by molar-refractivity contribution is 5.93. The maximum absolute atomic E-state index is 12.9. The average molecular weight is 492 g/mol. The molecule has 2 N–H and O–H groups in total. The zero-order valence-corrected chi connectivity index (χ0v) is 21.9. The summed E-state index contributed by atoms with van der Waals surface area (Å²) in [6.45, 7) is 12.4. The van der Waals surface area contributed by atoms with Crippen LogP contribution in [-0.4, -0.2) is 77.9 Å². The summed E-state index contributed by atoms with van der Waals surface area (Å²) in [5.41, 5.74) is 5.92. The summed E-state index contributed by atoms with van der Waals surface area (Å²) in [5, 5.41) is 13.5. The number of hydrogen-bond acceptors (Lipinski definition) is 6. The van der Waals surface area contributed by atoms with E-state index in [2.05, 4.69) is 52.1 Å². The minimum atomic E-state index is -0.650. The monoisotopic (exact) mass is 491 g/mol. The fourth-order valence-electron chi connectivity index (χ4n) is 4.89. The number of anilines is 1. The Labute approximate surface area is 213 Å². The summed E-state index contributed by atoms with van der Waals surface area (Å²) in [4.78, 5) is 22.1. The number of aliphatic hydroxyl groups excluding tert-OH is 1. The molecule has 3 aromatic rings. The Kier molecular flexibility index (Phi) is 7.96. The minimum absolute atomic E-state index is 0.181. The number of carbonyl (C=O) groups is 1. The van der Waals surface area contributed by atoms with Crippen LogP contribution in [0.1, 0.15) is 33.1 Å². The lowest BCUT2D eigenvalue weighted by atomic mass is 10.1. The van der Waals surface area contributed by atoms with E-state index in [0.29, 0.717) is 18.1 Å². The van der Waals surface area contributed by atoms with Crippen LogP contribution in [0.3, 0.4) is 0 Å². The van der Waals surface area contributed by atoms with Gasteiger partial charge in [-0.25, -0.2) is 4.98 Å². The Balaban J connectivity index is 1.30. The molecule has 1 aliphatic heterocycles. The molecule has 0 aliphatic carbocycles. The van der Waals surface area contributed by atoms with Gasteiger partial charge in [0, 0.05) is 51.0 Å². The molecule has 1 aliphatic rings. The predicted octanol–water partition coefficient (Wildman–Crippen LogP) is 3.03. The van der Waals surface area contributed by atoms with Gasteiger partial charge in [0.2, 0.25) is 0 Å². The van der Waals surface area contributed by atoms with Crippen molar-refractivity contribution in [2.45, 2.75) is 33.8 Å². The van der Waals surface area contributed by atoms with Crippen molar-refractivity contribution in [3.63, 3.8) is 0 Å². The molecule has 1 amide bonds. The number of ether oxygens (including phenoxy) is 1. The second-order valence-electron chi connectivity index (χ2n) is 9.50. The Hall–Kier alpha value is -3.36. The third-order valence-electron chi connectivity index (χ3n) is 7.06. The molecular weight excluding hydrogens is 454 g/mol. The van der Waals surface area contributed by atoms with E-state index in [1.807, 2.05) is 42.7 Å². The number of aryl methyl sites for hydroxylation is 2. The van der Waals surface area contributed by atoms with Crippen LogP contribution in [0.25, 0.3) is 5.69 Å². The largest absolute Gasteiger partial charge is 0.497 e. The molecule has 192 valence electrons. The third kappa shape index (κ3) is 5.55. The highest BCUT2D eigenvalue weighted by atomic mass is 16.5. The SMILES string of the molecule is COc1cccc(-n2c(C)nc(C(=O)NCC(O)CN3CCN(c4cccc(C)c4C)CC3)c2C)c1. The first-order valence-corrected chi connectivity index (χ1v) is 12.5. The van der Waals surface area contributed by atoms with Gasteiger partial charge in [-0.2, -0.15) is 0 Å². The molecule has 2 heterocycles. The number of methoxy groups -OCH3 is 1. The molecule has 4 rings (SSSR count). The molecular formula is C28H37N5O3. The Morgan fingerprint density at radius 1 is 1.08 bits per heavy atom. The van der Waals surface area contributed by atoms with Gasteiger partial charge in [-0.1, -0.05) is 18.2 Å². The number of imidazole rings is 1. The van der Waals surface area contributed by atoms with Gasteiger partial charge in [0.25, 0.3) is 5.91 Å². The average Bonchev–Trinajstić information content (AvgIpc) is 3.18. The number of piperazine rings is 1. The first-order valence-electron chi connectivity index (χ1n) is 12.5. The molecule has 8 nitrogen and oxygen atoms in total. The van der Waals surface area contributed by atoms with Crippen LogP contribution in [0, 0.1) is 27.7 Å². The standard InChI is InChI=1S/C28H37N5O3/c1-19-8-6-11-26(20(19)2)32-14-12-31(13-15-32)18-24(34)17-29-28(35)27-21(3)33(22(4)30-27)23-9-7-10-25(16-23)36-5/h6-11,16,24,34H,12-15,17-18H2,1-5H3,(H,29,35). The van der Waals surface area contributed by atoms with E-state index < -0.39 is 6.10 Å². The van der Waals surface area contributed by atoms with Gasteiger partial charge in [-0.05, 0) is 57.0 Å². The van der Waals surface area contributed by atoms with Gasteiger partial charge in [0.15, 0.2) is 0 Å².